The monoisotopic (exact) mass is 436 g/mol. The Morgan fingerprint density at radius 3 is 2.69 bits per heavy atom. The van der Waals surface area contributed by atoms with Gasteiger partial charge in [0.05, 0.1) is 0 Å². The van der Waals surface area contributed by atoms with Crippen molar-refractivity contribution in [2.24, 2.45) is 0 Å². The van der Waals surface area contributed by atoms with Crippen molar-refractivity contribution in [2.45, 2.75) is 57.0 Å². The highest BCUT2D eigenvalue weighted by Crippen LogP contribution is 2.25. The van der Waals surface area contributed by atoms with E-state index >= 15 is 0 Å². The van der Waals surface area contributed by atoms with Crippen molar-refractivity contribution in [1.82, 2.24) is 15.2 Å². The van der Waals surface area contributed by atoms with Gasteiger partial charge in [-0.05, 0) is 55.7 Å². The van der Waals surface area contributed by atoms with Gasteiger partial charge in [-0.3, -0.25) is 14.5 Å². The summed E-state index contributed by atoms with van der Waals surface area (Å²) in [5.41, 5.74) is 3.11. The summed E-state index contributed by atoms with van der Waals surface area (Å²) in [4.78, 5) is 31.0. The summed E-state index contributed by atoms with van der Waals surface area (Å²) in [6.07, 6.45) is 5.80. The SMILES string of the molecule is O=C(CCCc1ccc2c(n1)NCCC2)NC1CCN([C@H](C(=O)O)c2ccccc2)CC1. The topological polar surface area (TPSA) is 94.6 Å². The summed E-state index contributed by atoms with van der Waals surface area (Å²) in [6.45, 7) is 2.29. The molecule has 1 amide bonds. The molecule has 1 atom stereocenters. The van der Waals surface area contributed by atoms with Crippen molar-refractivity contribution in [3.8, 4) is 0 Å². The van der Waals surface area contributed by atoms with Crippen LogP contribution in [0, 0.1) is 0 Å². The van der Waals surface area contributed by atoms with Crippen LogP contribution in [0.1, 0.15) is 55.0 Å². The maximum Gasteiger partial charge on any atom is 0.325 e. The standard InChI is InChI=1S/C25H32N4O3/c30-22(10-4-9-20-12-11-19-8-5-15-26-24(19)28-20)27-21-13-16-29(17-14-21)23(25(31)32)18-6-2-1-3-7-18/h1-3,6-7,11-12,21,23H,4-5,8-10,13-17H2,(H,26,28)(H,27,30)(H,31,32)/t23-/m0/s1. The first kappa shape index (κ1) is 22.3. The van der Waals surface area contributed by atoms with Gasteiger partial charge in [-0.15, -0.1) is 0 Å². The van der Waals surface area contributed by atoms with Crippen LogP contribution in [0.4, 0.5) is 5.82 Å². The second kappa shape index (κ2) is 10.6. The van der Waals surface area contributed by atoms with Crippen molar-refractivity contribution in [1.29, 1.82) is 0 Å². The molecule has 0 saturated carbocycles. The molecule has 1 saturated heterocycles. The van der Waals surface area contributed by atoms with Crippen LogP contribution in [0.15, 0.2) is 42.5 Å². The van der Waals surface area contributed by atoms with Gasteiger partial charge in [0, 0.05) is 37.8 Å². The lowest BCUT2D eigenvalue weighted by atomic mass is 9.99. The van der Waals surface area contributed by atoms with Gasteiger partial charge in [0.2, 0.25) is 5.91 Å². The Labute approximate surface area is 189 Å². The summed E-state index contributed by atoms with van der Waals surface area (Å²) >= 11 is 0. The molecule has 4 rings (SSSR count). The molecular formula is C25H32N4O3. The number of carboxylic acids is 1. The second-order valence-electron chi connectivity index (χ2n) is 8.72. The number of piperidine rings is 1. The van der Waals surface area contributed by atoms with Gasteiger partial charge in [0.15, 0.2) is 0 Å². The molecule has 3 heterocycles. The third-order valence-electron chi connectivity index (χ3n) is 6.40. The number of aromatic nitrogens is 1. The van der Waals surface area contributed by atoms with Crippen LogP contribution in [-0.2, 0) is 22.4 Å². The zero-order valence-electron chi connectivity index (χ0n) is 18.4. The number of amides is 1. The van der Waals surface area contributed by atoms with Crippen LogP contribution in [0.5, 0.6) is 0 Å². The first-order valence-corrected chi connectivity index (χ1v) is 11.6. The van der Waals surface area contributed by atoms with E-state index in [9.17, 15) is 14.7 Å². The lowest BCUT2D eigenvalue weighted by Gasteiger charge is -2.36. The Morgan fingerprint density at radius 1 is 1.16 bits per heavy atom. The van der Waals surface area contributed by atoms with E-state index in [0.29, 0.717) is 19.5 Å². The van der Waals surface area contributed by atoms with Crippen LogP contribution >= 0.6 is 0 Å². The number of carbonyl (C=O) groups excluding carboxylic acids is 1. The number of carboxylic acid groups (broad SMARTS) is 1. The Morgan fingerprint density at radius 2 is 1.94 bits per heavy atom. The fourth-order valence-electron chi connectivity index (χ4n) is 4.68. The summed E-state index contributed by atoms with van der Waals surface area (Å²) in [5, 5.41) is 16.2. The molecule has 0 unspecified atom stereocenters. The first-order valence-electron chi connectivity index (χ1n) is 11.6. The molecule has 170 valence electrons. The van der Waals surface area contributed by atoms with E-state index in [1.54, 1.807) is 0 Å². The van der Waals surface area contributed by atoms with Crippen molar-refractivity contribution in [3.63, 3.8) is 0 Å². The molecule has 0 radical (unpaired) electrons. The van der Waals surface area contributed by atoms with Crippen LogP contribution in [0.25, 0.3) is 0 Å². The van der Waals surface area contributed by atoms with Crippen LogP contribution < -0.4 is 10.6 Å². The van der Waals surface area contributed by atoms with E-state index < -0.39 is 12.0 Å². The summed E-state index contributed by atoms with van der Waals surface area (Å²) < 4.78 is 0. The van der Waals surface area contributed by atoms with E-state index in [1.807, 2.05) is 35.2 Å². The predicted octanol–water partition coefficient (Wildman–Crippen LogP) is 3.17. The quantitative estimate of drug-likeness (QED) is 0.588. The third kappa shape index (κ3) is 5.65. The van der Waals surface area contributed by atoms with Gasteiger partial charge >= 0.3 is 5.97 Å². The van der Waals surface area contributed by atoms with Gasteiger partial charge in [0.1, 0.15) is 11.9 Å². The van der Waals surface area contributed by atoms with Crippen molar-refractivity contribution in [3.05, 3.63) is 59.3 Å². The molecule has 32 heavy (non-hydrogen) atoms. The largest absolute Gasteiger partial charge is 0.480 e. The van der Waals surface area contributed by atoms with E-state index in [4.69, 9.17) is 4.98 Å². The number of pyridine rings is 1. The number of aryl methyl sites for hydroxylation is 2. The summed E-state index contributed by atoms with van der Waals surface area (Å²) in [7, 11) is 0. The number of nitrogens with one attached hydrogen (secondary N) is 2. The third-order valence-corrected chi connectivity index (χ3v) is 6.40. The zero-order chi connectivity index (χ0) is 22.3. The number of benzene rings is 1. The van der Waals surface area contributed by atoms with E-state index in [-0.39, 0.29) is 11.9 Å². The number of anilines is 1. The molecular weight excluding hydrogens is 404 g/mol. The van der Waals surface area contributed by atoms with Crippen LogP contribution in [0.3, 0.4) is 0 Å². The summed E-state index contributed by atoms with van der Waals surface area (Å²) in [6, 6.07) is 13.1. The van der Waals surface area contributed by atoms with Gasteiger partial charge in [-0.25, -0.2) is 4.98 Å². The van der Waals surface area contributed by atoms with E-state index in [1.165, 1.54) is 5.56 Å². The minimum Gasteiger partial charge on any atom is -0.480 e. The zero-order valence-corrected chi connectivity index (χ0v) is 18.4. The second-order valence-corrected chi connectivity index (χ2v) is 8.72. The number of rotatable bonds is 8. The first-order chi connectivity index (χ1) is 15.6. The molecule has 7 heteroatoms. The molecule has 1 aromatic heterocycles. The Bertz CT molecular complexity index is 926. The number of likely N-dealkylation sites (tertiary alicyclic amines) is 1. The Balaban J connectivity index is 1.20. The molecule has 0 spiro atoms. The van der Waals surface area contributed by atoms with E-state index in [0.717, 1.165) is 62.1 Å². The molecule has 7 nitrogen and oxygen atoms in total. The number of aliphatic carboxylic acids is 1. The van der Waals surface area contributed by atoms with Gasteiger partial charge in [0.25, 0.3) is 0 Å². The molecule has 0 aliphatic carbocycles. The molecule has 1 fully saturated rings. The smallest absolute Gasteiger partial charge is 0.325 e. The minimum absolute atomic E-state index is 0.0670. The Hall–Kier alpha value is -2.93. The van der Waals surface area contributed by atoms with Gasteiger partial charge in [-0.1, -0.05) is 36.4 Å². The number of hydrogen-bond donors (Lipinski definition) is 3. The highest BCUT2D eigenvalue weighted by atomic mass is 16.4. The summed E-state index contributed by atoms with van der Waals surface area (Å²) in [5.74, 6) is 0.238. The van der Waals surface area contributed by atoms with Gasteiger partial charge in [-0.2, -0.15) is 0 Å². The van der Waals surface area contributed by atoms with Crippen molar-refractivity contribution < 1.29 is 14.7 Å². The lowest BCUT2D eigenvalue weighted by molar-refractivity contribution is -0.144. The normalized spacial score (nSPS) is 17.8. The van der Waals surface area contributed by atoms with Crippen molar-refractivity contribution in [2.75, 3.05) is 25.0 Å². The number of fused-ring (bicyclic) bond motifs is 1. The molecule has 1 aromatic carbocycles. The minimum atomic E-state index is -0.829. The molecule has 2 aromatic rings. The number of carbonyl (C=O) groups is 2. The molecule has 2 aliphatic rings. The fourth-order valence-corrected chi connectivity index (χ4v) is 4.68. The maximum absolute atomic E-state index is 12.4. The number of nitrogens with zero attached hydrogens (tertiary/aromatic N) is 2. The number of hydrogen-bond acceptors (Lipinski definition) is 5. The maximum atomic E-state index is 12.4. The van der Waals surface area contributed by atoms with Crippen LogP contribution in [0.2, 0.25) is 0 Å². The highest BCUT2D eigenvalue weighted by Gasteiger charge is 2.31. The molecule has 0 bridgehead atoms. The highest BCUT2D eigenvalue weighted by molar-refractivity contribution is 5.76. The molecule has 3 N–H and O–H groups in total. The van der Waals surface area contributed by atoms with Crippen molar-refractivity contribution >= 4 is 17.7 Å². The Kier molecular flexibility index (Phi) is 7.37. The van der Waals surface area contributed by atoms with E-state index in [2.05, 4.69) is 22.8 Å². The lowest BCUT2D eigenvalue weighted by Crippen LogP contribution is -2.47. The molecule has 2 aliphatic heterocycles. The average Bonchev–Trinajstić information content (AvgIpc) is 2.81. The average molecular weight is 437 g/mol. The fraction of sp³-hybridized carbons (Fsp3) is 0.480. The van der Waals surface area contributed by atoms with Crippen LogP contribution in [-0.4, -0.2) is 52.5 Å². The van der Waals surface area contributed by atoms with Gasteiger partial charge < -0.3 is 15.7 Å². The predicted molar refractivity (Wildman–Crippen MR) is 124 cm³/mol.